The van der Waals surface area contributed by atoms with Gasteiger partial charge in [0.15, 0.2) is 16.4 Å². The highest BCUT2D eigenvalue weighted by molar-refractivity contribution is 7.90. The summed E-state index contributed by atoms with van der Waals surface area (Å²) in [6, 6.07) is 6.35. The molecule has 1 aromatic carbocycles. The maximum atomic E-state index is 12.2. The van der Waals surface area contributed by atoms with Gasteiger partial charge >= 0.3 is 5.97 Å². The van der Waals surface area contributed by atoms with Gasteiger partial charge in [0, 0.05) is 19.1 Å². The number of likely N-dealkylation sites (tertiary alicyclic amines) is 1. The molecule has 132 valence electrons. The minimum Gasteiger partial charge on any atom is -0.469 e. The molecule has 0 aromatic heterocycles. The van der Waals surface area contributed by atoms with Gasteiger partial charge in [0.1, 0.15) is 0 Å². The molecule has 7 nitrogen and oxygen atoms in total. The molecule has 0 unspecified atom stereocenters. The third-order valence-corrected chi connectivity index (χ3v) is 5.35. The van der Waals surface area contributed by atoms with Crippen LogP contribution >= 0.6 is 0 Å². The summed E-state index contributed by atoms with van der Waals surface area (Å²) in [5, 5.41) is 2.68. The summed E-state index contributed by atoms with van der Waals surface area (Å²) in [4.78, 5) is 24.9. The van der Waals surface area contributed by atoms with Crippen molar-refractivity contribution >= 4 is 27.4 Å². The zero-order chi connectivity index (χ0) is 17.7. The highest BCUT2D eigenvalue weighted by atomic mass is 32.2. The first kappa shape index (κ1) is 18.4. The van der Waals surface area contributed by atoms with E-state index in [9.17, 15) is 18.0 Å². The number of rotatable bonds is 5. The SMILES string of the molecule is COC(=O)C1CC[NH+](CC(=O)Nc2ccccc2S(C)(=O)=O)CC1. The van der Waals surface area contributed by atoms with E-state index >= 15 is 0 Å². The number of benzene rings is 1. The van der Waals surface area contributed by atoms with Crippen LogP contribution in [-0.2, 0) is 24.2 Å². The van der Waals surface area contributed by atoms with E-state index in [2.05, 4.69) is 5.32 Å². The maximum absolute atomic E-state index is 12.2. The first-order valence-corrected chi connectivity index (χ1v) is 9.70. The Morgan fingerprint density at radius 2 is 1.88 bits per heavy atom. The van der Waals surface area contributed by atoms with E-state index in [4.69, 9.17) is 4.74 Å². The van der Waals surface area contributed by atoms with Crippen LogP contribution in [0, 0.1) is 5.92 Å². The monoisotopic (exact) mass is 355 g/mol. The Morgan fingerprint density at radius 1 is 1.25 bits per heavy atom. The minimum absolute atomic E-state index is 0.0900. The highest BCUT2D eigenvalue weighted by Gasteiger charge is 2.29. The minimum atomic E-state index is -3.40. The van der Waals surface area contributed by atoms with Gasteiger partial charge in [-0.15, -0.1) is 0 Å². The van der Waals surface area contributed by atoms with Crippen LogP contribution in [0.25, 0.3) is 0 Å². The number of anilines is 1. The zero-order valence-corrected chi connectivity index (χ0v) is 14.7. The van der Waals surface area contributed by atoms with Crippen molar-refractivity contribution in [3.8, 4) is 0 Å². The molecule has 0 saturated carbocycles. The Labute approximate surface area is 141 Å². The molecule has 1 saturated heterocycles. The van der Waals surface area contributed by atoms with Crippen molar-refractivity contribution in [2.75, 3.05) is 38.3 Å². The third kappa shape index (κ3) is 4.78. The number of methoxy groups -OCH3 is 1. The largest absolute Gasteiger partial charge is 0.469 e. The molecule has 2 N–H and O–H groups in total. The van der Waals surface area contributed by atoms with E-state index < -0.39 is 9.84 Å². The van der Waals surface area contributed by atoms with Crippen LogP contribution in [0.4, 0.5) is 5.69 Å². The molecule has 1 heterocycles. The lowest BCUT2D eigenvalue weighted by molar-refractivity contribution is -0.897. The van der Waals surface area contributed by atoms with Gasteiger partial charge in [-0.3, -0.25) is 9.59 Å². The molecular weight excluding hydrogens is 332 g/mol. The van der Waals surface area contributed by atoms with Crippen molar-refractivity contribution in [2.45, 2.75) is 17.7 Å². The van der Waals surface area contributed by atoms with Gasteiger partial charge in [-0.2, -0.15) is 0 Å². The summed E-state index contributed by atoms with van der Waals surface area (Å²) in [5.41, 5.74) is 0.300. The Morgan fingerprint density at radius 3 is 2.46 bits per heavy atom. The number of hydrogen-bond donors (Lipinski definition) is 2. The van der Waals surface area contributed by atoms with Crippen LogP contribution in [0.15, 0.2) is 29.2 Å². The Kier molecular flexibility index (Phi) is 5.95. The number of esters is 1. The average Bonchev–Trinajstić information content (AvgIpc) is 2.54. The topological polar surface area (TPSA) is 94.0 Å². The second-order valence-electron chi connectivity index (χ2n) is 6.04. The van der Waals surface area contributed by atoms with Gasteiger partial charge in [-0.25, -0.2) is 8.42 Å². The lowest BCUT2D eigenvalue weighted by atomic mass is 9.97. The molecule has 1 fully saturated rings. The van der Waals surface area contributed by atoms with Crippen LogP contribution in [0.5, 0.6) is 0 Å². The number of sulfone groups is 1. The first-order valence-electron chi connectivity index (χ1n) is 7.81. The molecule has 0 atom stereocenters. The fourth-order valence-corrected chi connectivity index (χ4v) is 3.76. The van der Waals surface area contributed by atoms with Crippen LogP contribution in [0.2, 0.25) is 0 Å². The number of nitrogens with one attached hydrogen (secondary N) is 2. The zero-order valence-electron chi connectivity index (χ0n) is 13.9. The van der Waals surface area contributed by atoms with Gasteiger partial charge in [-0.05, 0) is 12.1 Å². The molecule has 1 aromatic rings. The van der Waals surface area contributed by atoms with E-state index in [1.165, 1.54) is 13.2 Å². The van der Waals surface area contributed by atoms with Gasteiger partial charge < -0.3 is 15.0 Å². The molecule has 1 amide bonds. The number of hydrogen-bond acceptors (Lipinski definition) is 5. The lowest BCUT2D eigenvalue weighted by Gasteiger charge is -2.27. The summed E-state index contributed by atoms with van der Waals surface area (Å²) in [7, 11) is -2.02. The van der Waals surface area contributed by atoms with Crippen molar-refractivity contribution < 1.29 is 27.6 Å². The van der Waals surface area contributed by atoms with Crippen LogP contribution in [0.1, 0.15) is 12.8 Å². The molecule has 24 heavy (non-hydrogen) atoms. The van der Waals surface area contributed by atoms with Gasteiger partial charge in [0.2, 0.25) is 0 Å². The Hall–Kier alpha value is -1.93. The number of ether oxygens (including phenoxy) is 1. The molecule has 0 aliphatic carbocycles. The van der Waals surface area contributed by atoms with Crippen LogP contribution in [0.3, 0.4) is 0 Å². The molecule has 8 heteroatoms. The van der Waals surface area contributed by atoms with Gasteiger partial charge in [0.05, 0.1) is 36.7 Å². The van der Waals surface area contributed by atoms with Crippen molar-refractivity contribution in [2.24, 2.45) is 5.92 Å². The van der Waals surface area contributed by atoms with E-state index in [0.29, 0.717) is 31.6 Å². The number of carbonyl (C=O) groups excluding carboxylic acids is 2. The molecule has 0 bridgehead atoms. The quantitative estimate of drug-likeness (QED) is 0.695. The standard InChI is InChI=1S/C16H22N2O5S/c1-23-16(20)12-7-9-18(10-8-12)11-15(19)17-13-5-3-4-6-14(13)24(2,21)22/h3-6,12H,7-11H2,1-2H3,(H,17,19)/p+1. The van der Waals surface area contributed by atoms with Crippen molar-refractivity contribution in [3.63, 3.8) is 0 Å². The molecule has 0 spiro atoms. The maximum Gasteiger partial charge on any atom is 0.309 e. The number of quaternary nitrogens is 1. The molecule has 0 radical (unpaired) electrons. The van der Waals surface area contributed by atoms with E-state index in [1.807, 2.05) is 0 Å². The number of para-hydroxylation sites is 1. The predicted molar refractivity (Wildman–Crippen MR) is 88.5 cm³/mol. The normalized spacial score (nSPS) is 21.1. The predicted octanol–water partition coefficient (Wildman–Crippen LogP) is -0.503. The van der Waals surface area contributed by atoms with E-state index in [-0.39, 0.29) is 29.2 Å². The lowest BCUT2D eigenvalue weighted by Crippen LogP contribution is -3.14. The summed E-state index contributed by atoms with van der Waals surface area (Å²) in [5.74, 6) is -0.522. The van der Waals surface area contributed by atoms with Crippen molar-refractivity contribution in [1.82, 2.24) is 0 Å². The second-order valence-corrected chi connectivity index (χ2v) is 8.02. The van der Waals surface area contributed by atoms with E-state index in [1.54, 1.807) is 18.2 Å². The van der Waals surface area contributed by atoms with Gasteiger partial charge in [0.25, 0.3) is 5.91 Å². The second kappa shape index (κ2) is 7.76. The number of amides is 1. The highest BCUT2D eigenvalue weighted by Crippen LogP contribution is 2.20. The summed E-state index contributed by atoms with van der Waals surface area (Å²) in [6.07, 6.45) is 2.49. The summed E-state index contributed by atoms with van der Waals surface area (Å²) < 4.78 is 28.3. The van der Waals surface area contributed by atoms with Crippen molar-refractivity contribution in [3.05, 3.63) is 24.3 Å². The summed E-state index contributed by atoms with van der Waals surface area (Å²) >= 11 is 0. The van der Waals surface area contributed by atoms with E-state index in [0.717, 1.165) is 11.2 Å². The van der Waals surface area contributed by atoms with Gasteiger partial charge in [-0.1, -0.05) is 12.1 Å². The summed E-state index contributed by atoms with van der Waals surface area (Å²) in [6.45, 7) is 1.66. The number of carbonyl (C=O) groups is 2. The first-order chi connectivity index (χ1) is 11.3. The van der Waals surface area contributed by atoms with Crippen LogP contribution < -0.4 is 10.2 Å². The third-order valence-electron chi connectivity index (χ3n) is 4.20. The Bertz CT molecular complexity index is 709. The molecular formula is C16H23N2O5S+. The fraction of sp³-hybridized carbons (Fsp3) is 0.500. The number of piperidine rings is 1. The Balaban J connectivity index is 1.93. The molecule has 1 aliphatic rings. The van der Waals surface area contributed by atoms with Crippen molar-refractivity contribution in [1.29, 1.82) is 0 Å². The molecule has 1 aliphatic heterocycles. The average molecular weight is 355 g/mol. The smallest absolute Gasteiger partial charge is 0.309 e. The van der Waals surface area contributed by atoms with Crippen LogP contribution in [-0.4, -0.2) is 53.3 Å². The molecule has 2 rings (SSSR count). The fourth-order valence-electron chi connectivity index (χ4n) is 2.92.